The maximum atomic E-state index is 12.5. The van der Waals surface area contributed by atoms with Gasteiger partial charge in [-0.05, 0) is 43.0 Å². The summed E-state index contributed by atoms with van der Waals surface area (Å²) in [6.07, 6.45) is 0.538. The zero-order chi connectivity index (χ0) is 19.8. The number of carbonyl (C=O) groups excluding carboxylic acids is 1. The molecule has 1 aromatic heterocycles. The number of carbonyl (C=O) groups is 1. The van der Waals surface area contributed by atoms with Crippen molar-refractivity contribution in [3.05, 3.63) is 45.4 Å². The molecule has 0 atom stereocenters. The SMILES string of the molecule is COCCN(Cc1csc(COc2cc(C)cc(C)c2)n1)C(=O)CC(C)C. The van der Waals surface area contributed by atoms with Crippen LogP contribution in [0.4, 0.5) is 0 Å². The molecule has 0 saturated heterocycles. The van der Waals surface area contributed by atoms with Gasteiger partial charge in [-0.15, -0.1) is 11.3 Å². The minimum atomic E-state index is 0.142. The number of methoxy groups -OCH3 is 1. The molecule has 0 aliphatic carbocycles. The maximum absolute atomic E-state index is 12.5. The van der Waals surface area contributed by atoms with E-state index in [4.69, 9.17) is 9.47 Å². The number of aromatic nitrogens is 1. The second-order valence-corrected chi connectivity index (χ2v) is 8.19. The molecular formula is C21H30N2O3S. The van der Waals surface area contributed by atoms with Crippen LogP contribution in [0.25, 0.3) is 0 Å². The molecule has 2 rings (SSSR count). The van der Waals surface area contributed by atoms with Crippen LogP contribution in [0, 0.1) is 19.8 Å². The summed E-state index contributed by atoms with van der Waals surface area (Å²) in [7, 11) is 1.65. The molecule has 0 N–H and O–H groups in total. The first-order valence-corrected chi connectivity index (χ1v) is 10.2. The third kappa shape index (κ3) is 7.31. The Morgan fingerprint density at radius 1 is 1.22 bits per heavy atom. The van der Waals surface area contributed by atoms with E-state index in [0.717, 1.165) is 16.5 Å². The summed E-state index contributed by atoms with van der Waals surface area (Å²) in [5.41, 5.74) is 3.26. The van der Waals surface area contributed by atoms with Gasteiger partial charge >= 0.3 is 0 Å². The van der Waals surface area contributed by atoms with Gasteiger partial charge in [0.2, 0.25) is 5.91 Å². The molecule has 0 aliphatic heterocycles. The summed E-state index contributed by atoms with van der Waals surface area (Å²) >= 11 is 1.56. The summed E-state index contributed by atoms with van der Waals surface area (Å²) in [5, 5.41) is 2.91. The lowest BCUT2D eigenvalue weighted by molar-refractivity contribution is -0.133. The van der Waals surface area contributed by atoms with Crippen molar-refractivity contribution in [1.82, 2.24) is 9.88 Å². The van der Waals surface area contributed by atoms with Crippen molar-refractivity contribution in [2.45, 2.75) is 47.3 Å². The van der Waals surface area contributed by atoms with Crippen molar-refractivity contribution in [2.24, 2.45) is 5.92 Å². The standard InChI is InChI=1S/C21H30N2O3S/c1-15(2)8-21(24)23(6-7-25-5)12-18-14-27-20(22-18)13-26-19-10-16(3)9-17(4)11-19/h9-11,14-15H,6-8,12-13H2,1-5H3. The topological polar surface area (TPSA) is 51.7 Å². The first-order chi connectivity index (χ1) is 12.9. The number of hydrogen-bond acceptors (Lipinski definition) is 5. The van der Waals surface area contributed by atoms with Crippen LogP contribution < -0.4 is 4.74 Å². The van der Waals surface area contributed by atoms with Crippen LogP contribution in [0.2, 0.25) is 0 Å². The van der Waals surface area contributed by atoms with E-state index in [1.807, 2.05) is 22.4 Å². The Balaban J connectivity index is 1.96. The van der Waals surface area contributed by atoms with Crippen LogP contribution in [0.5, 0.6) is 5.75 Å². The van der Waals surface area contributed by atoms with Gasteiger partial charge in [-0.25, -0.2) is 4.98 Å². The fourth-order valence-corrected chi connectivity index (χ4v) is 3.51. The number of thiazole rings is 1. The molecule has 1 amide bonds. The second-order valence-electron chi connectivity index (χ2n) is 7.25. The number of nitrogens with zero attached hydrogens (tertiary/aromatic N) is 2. The number of benzene rings is 1. The van der Waals surface area contributed by atoms with E-state index >= 15 is 0 Å². The number of aryl methyl sites for hydroxylation is 2. The van der Waals surface area contributed by atoms with E-state index in [9.17, 15) is 4.79 Å². The number of ether oxygens (including phenoxy) is 2. The molecule has 6 heteroatoms. The predicted octanol–water partition coefficient (Wildman–Crippen LogP) is 4.36. The molecule has 0 spiro atoms. The van der Waals surface area contributed by atoms with Crippen LogP contribution >= 0.6 is 11.3 Å². The highest BCUT2D eigenvalue weighted by atomic mass is 32.1. The number of rotatable bonds is 10. The largest absolute Gasteiger partial charge is 0.486 e. The van der Waals surface area contributed by atoms with Gasteiger partial charge in [-0.3, -0.25) is 4.79 Å². The minimum absolute atomic E-state index is 0.142. The molecule has 0 radical (unpaired) electrons. The Labute approximate surface area is 166 Å². The van der Waals surface area contributed by atoms with Gasteiger partial charge in [0.05, 0.1) is 18.8 Å². The molecule has 0 aliphatic rings. The van der Waals surface area contributed by atoms with E-state index in [1.165, 1.54) is 11.1 Å². The van der Waals surface area contributed by atoms with E-state index in [0.29, 0.717) is 38.6 Å². The maximum Gasteiger partial charge on any atom is 0.223 e. The summed E-state index contributed by atoms with van der Waals surface area (Å²) in [6, 6.07) is 6.17. The lowest BCUT2D eigenvalue weighted by Crippen LogP contribution is -2.34. The Kier molecular flexibility index (Phi) is 8.25. The number of amides is 1. The first kappa shape index (κ1) is 21.4. The van der Waals surface area contributed by atoms with Gasteiger partial charge < -0.3 is 14.4 Å². The van der Waals surface area contributed by atoms with Gasteiger partial charge in [0.1, 0.15) is 17.4 Å². The zero-order valence-corrected chi connectivity index (χ0v) is 17.8. The Bertz CT molecular complexity index is 723. The fourth-order valence-electron chi connectivity index (χ4n) is 2.82. The molecule has 0 saturated carbocycles. The summed E-state index contributed by atoms with van der Waals surface area (Å²) in [4.78, 5) is 18.9. The van der Waals surface area contributed by atoms with Crippen molar-refractivity contribution < 1.29 is 14.3 Å². The van der Waals surface area contributed by atoms with Crippen molar-refractivity contribution in [2.75, 3.05) is 20.3 Å². The van der Waals surface area contributed by atoms with Crippen LogP contribution in [0.3, 0.4) is 0 Å². The highest BCUT2D eigenvalue weighted by Gasteiger charge is 2.16. The third-order valence-electron chi connectivity index (χ3n) is 4.01. The average molecular weight is 391 g/mol. The molecule has 1 heterocycles. The monoisotopic (exact) mass is 390 g/mol. The summed E-state index contributed by atoms with van der Waals surface area (Å²) in [5.74, 6) is 1.33. The van der Waals surface area contributed by atoms with Crippen LogP contribution in [-0.4, -0.2) is 36.1 Å². The second kappa shape index (κ2) is 10.4. The van der Waals surface area contributed by atoms with Gasteiger partial charge in [0, 0.05) is 25.5 Å². The van der Waals surface area contributed by atoms with Gasteiger partial charge in [0.15, 0.2) is 0 Å². The van der Waals surface area contributed by atoms with Crippen molar-refractivity contribution in [3.8, 4) is 5.75 Å². The van der Waals surface area contributed by atoms with Crippen molar-refractivity contribution in [1.29, 1.82) is 0 Å². The van der Waals surface area contributed by atoms with Crippen LogP contribution in [-0.2, 0) is 22.7 Å². The minimum Gasteiger partial charge on any atom is -0.486 e. The van der Waals surface area contributed by atoms with Gasteiger partial charge in [0.25, 0.3) is 0 Å². The fraction of sp³-hybridized carbons (Fsp3) is 0.524. The van der Waals surface area contributed by atoms with Crippen molar-refractivity contribution >= 4 is 17.2 Å². The van der Waals surface area contributed by atoms with Crippen molar-refractivity contribution in [3.63, 3.8) is 0 Å². The average Bonchev–Trinajstić information content (AvgIpc) is 3.03. The van der Waals surface area contributed by atoms with E-state index in [2.05, 4.69) is 38.7 Å². The summed E-state index contributed by atoms with van der Waals surface area (Å²) in [6.45, 7) is 10.3. The molecule has 0 fully saturated rings. The van der Waals surface area contributed by atoms with E-state index in [1.54, 1.807) is 18.4 Å². The van der Waals surface area contributed by atoms with Gasteiger partial charge in [-0.1, -0.05) is 19.9 Å². The van der Waals surface area contributed by atoms with Crippen LogP contribution in [0.1, 0.15) is 42.1 Å². The molecule has 5 nitrogen and oxygen atoms in total. The quantitative estimate of drug-likeness (QED) is 0.605. The first-order valence-electron chi connectivity index (χ1n) is 9.28. The van der Waals surface area contributed by atoms with Crippen LogP contribution in [0.15, 0.2) is 23.6 Å². The highest BCUT2D eigenvalue weighted by Crippen LogP contribution is 2.19. The molecule has 1 aromatic carbocycles. The Morgan fingerprint density at radius 3 is 2.56 bits per heavy atom. The zero-order valence-electron chi connectivity index (χ0n) is 16.9. The Hall–Kier alpha value is -1.92. The lowest BCUT2D eigenvalue weighted by Gasteiger charge is -2.22. The molecular weight excluding hydrogens is 360 g/mol. The molecule has 2 aromatic rings. The normalized spacial score (nSPS) is 11.0. The molecule has 27 heavy (non-hydrogen) atoms. The molecule has 0 bridgehead atoms. The predicted molar refractivity (Wildman–Crippen MR) is 109 cm³/mol. The highest BCUT2D eigenvalue weighted by molar-refractivity contribution is 7.09. The lowest BCUT2D eigenvalue weighted by atomic mass is 10.1. The molecule has 0 unspecified atom stereocenters. The Morgan fingerprint density at radius 2 is 1.93 bits per heavy atom. The third-order valence-corrected chi connectivity index (χ3v) is 4.88. The van der Waals surface area contributed by atoms with E-state index < -0.39 is 0 Å². The smallest absolute Gasteiger partial charge is 0.223 e. The van der Waals surface area contributed by atoms with E-state index in [-0.39, 0.29) is 5.91 Å². The summed E-state index contributed by atoms with van der Waals surface area (Å²) < 4.78 is 11.0. The van der Waals surface area contributed by atoms with Gasteiger partial charge in [-0.2, -0.15) is 0 Å². The molecule has 148 valence electrons. The number of hydrogen-bond donors (Lipinski definition) is 0.